The summed E-state index contributed by atoms with van der Waals surface area (Å²) in [5.41, 5.74) is 2.35. The minimum Gasteiger partial charge on any atom is -0.498 e. The van der Waals surface area contributed by atoms with Crippen molar-refractivity contribution in [3.63, 3.8) is 0 Å². The first-order valence-corrected chi connectivity index (χ1v) is 9.35. The van der Waals surface area contributed by atoms with Crippen molar-refractivity contribution >= 4 is 5.78 Å². The smallest absolute Gasteiger partial charge is 0.161 e. The van der Waals surface area contributed by atoms with Crippen LogP contribution < -0.4 is 0 Å². The van der Waals surface area contributed by atoms with Gasteiger partial charge in [0.25, 0.3) is 0 Å². The van der Waals surface area contributed by atoms with Gasteiger partial charge in [0.05, 0.1) is 12.4 Å². The standard InChI is InChI=1S/C21H30O2/c1-4-23-18-10-12-20-17(13-18)9-8-16-7-5-14(2)21(22)15(3)6-11-19(16)20/h9,13,15-16,19-20H,2,4-8,10-12H2,1,3H3. The lowest BCUT2D eigenvalue weighted by atomic mass is 9.65. The summed E-state index contributed by atoms with van der Waals surface area (Å²) in [5, 5.41) is 0. The lowest BCUT2D eigenvalue weighted by Gasteiger charge is -2.40. The molecule has 126 valence electrons. The summed E-state index contributed by atoms with van der Waals surface area (Å²) >= 11 is 0. The first-order chi connectivity index (χ1) is 11.1. The van der Waals surface area contributed by atoms with Crippen LogP contribution in [0.25, 0.3) is 0 Å². The highest BCUT2D eigenvalue weighted by Gasteiger charge is 2.37. The number of allylic oxidation sites excluding steroid dienone is 5. The van der Waals surface area contributed by atoms with Gasteiger partial charge in [-0.05, 0) is 80.4 Å². The Labute approximate surface area is 140 Å². The van der Waals surface area contributed by atoms with Crippen molar-refractivity contribution in [2.24, 2.45) is 23.7 Å². The van der Waals surface area contributed by atoms with Gasteiger partial charge < -0.3 is 4.74 Å². The van der Waals surface area contributed by atoms with Gasteiger partial charge in [-0.3, -0.25) is 4.79 Å². The van der Waals surface area contributed by atoms with Gasteiger partial charge in [-0.15, -0.1) is 0 Å². The SMILES string of the molecule is C=C1CCC2CC=C3C=C(OCC)CCC3C2CCC(C)C1=O. The van der Waals surface area contributed by atoms with Gasteiger partial charge in [0.15, 0.2) is 5.78 Å². The minimum absolute atomic E-state index is 0.147. The van der Waals surface area contributed by atoms with E-state index in [1.54, 1.807) is 0 Å². The highest BCUT2D eigenvalue weighted by atomic mass is 16.5. The molecule has 1 saturated carbocycles. The molecule has 4 atom stereocenters. The fourth-order valence-electron chi connectivity index (χ4n) is 4.76. The Morgan fingerprint density at radius 2 is 2.04 bits per heavy atom. The molecule has 2 heteroatoms. The number of carbonyl (C=O) groups excluding carboxylic acids is 1. The maximum Gasteiger partial charge on any atom is 0.161 e. The molecular weight excluding hydrogens is 284 g/mol. The monoisotopic (exact) mass is 314 g/mol. The van der Waals surface area contributed by atoms with E-state index in [1.165, 1.54) is 18.4 Å². The molecule has 0 aromatic heterocycles. The van der Waals surface area contributed by atoms with Crippen LogP contribution in [0.1, 0.15) is 58.8 Å². The van der Waals surface area contributed by atoms with Crippen molar-refractivity contribution in [3.05, 3.63) is 35.6 Å². The zero-order chi connectivity index (χ0) is 16.4. The summed E-state index contributed by atoms with van der Waals surface area (Å²) in [7, 11) is 0. The molecule has 0 aromatic carbocycles. The van der Waals surface area contributed by atoms with Gasteiger partial charge in [0.1, 0.15) is 0 Å². The molecular formula is C21H30O2. The van der Waals surface area contributed by atoms with E-state index in [9.17, 15) is 4.79 Å². The highest BCUT2D eigenvalue weighted by molar-refractivity contribution is 5.96. The van der Waals surface area contributed by atoms with Crippen molar-refractivity contribution in [3.8, 4) is 0 Å². The molecule has 0 spiro atoms. The normalized spacial score (nSPS) is 35.0. The molecule has 0 N–H and O–H groups in total. The predicted octanol–water partition coefficient (Wildman–Crippen LogP) is 5.21. The maximum atomic E-state index is 12.3. The summed E-state index contributed by atoms with van der Waals surface area (Å²) in [5.74, 6) is 3.74. The molecule has 3 rings (SSSR count). The Morgan fingerprint density at radius 1 is 1.22 bits per heavy atom. The number of Topliss-reactive ketones (excluding diaryl/α,β-unsaturated/α-hetero) is 1. The van der Waals surface area contributed by atoms with Crippen LogP contribution in [0.15, 0.2) is 35.6 Å². The highest BCUT2D eigenvalue weighted by Crippen LogP contribution is 2.47. The van der Waals surface area contributed by atoms with Gasteiger partial charge >= 0.3 is 0 Å². The van der Waals surface area contributed by atoms with Gasteiger partial charge in [-0.25, -0.2) is 0 Å². The molecule has 4 unspecified atom stereocenters. The van der Waals surface area contributed by atoms with Crippen LogP contribution in [-0.4, -0.2) is 12.4 Å². The third-order valence-electron chi connectivity index (χ3n) is 6.11. The Bertz CT molecular complexity index is 540. The first kappa shape index (κ1) is 16.5. The number of ketones is 1. The maximum absolute atomic E-state index is 12.3. The van der Waals surface area contributed by atoms with E-state index in [1.807, 2.05) is 0 Å². The predicted molar refractivity (Wildman–Crippen MR) is 93.9 cm³/mol. The molecule has 3 aliphatic rings. The molecule has 0 bridgehead atoms. The number of rotatable bonds is 2. The summed E-state index contributed by atoms with van der Waals surface area (Å²) in [6.45, 7) is 8.95. The van der Waals surface area contributed by atoms with Crippen LogP contribution in [0, 0.1) is 23.7 Å². The van der Waals surface area contributed by atoms with Crippen LogP contribution in [0.4, 0.5) is 0 Å². The Balaban J connectivity index is 1.80. The van der Waals surface area contributed by atoms with Crippen LogP contribution in [0.2, 0.25) is 0 Å². The van der Waals surface area contributed by atoms with E-state index in [2.05, 4.69) is 32.6 Å². The number of hydrogen-bond donors (Lipinski definition) is 0. The second-order valence-corrected chi connectivity index (χ2v) is 7.54. The van der Waals surface area contributed by atoms with Crippen molar-refractivity contribution < 1.29 is 9.53 Å². The summed E-state index contributed by atoms with van der Waals surface area (Å²) in [4.78, 5) is 12.3. The third-order valence-corrected chi connectivity index (χ3v) is 6.11. The van der Waals surface area contributed by atoms with E-state index < -0.39 is 0 Å². The Kier molecular flexibility index (Phi) is 5.08. The lowest BCUT2D eigenvalue weighted by Crippen LogP contribution is -2.30. The van der Waals surface area contributed by atoms with Gasteiger partial charge in [-0.1, -0.05) is 19.6 Å². The van der Waals surface area contributed by atoms with Crippen molar-refractivity contribution in [2.75, 3.05) is 6.61 Å². The van der Waals surface area contributed by atoms with E-state index in [4.69, 9.17) is 4.74 Å². The Morgan fingerprint density at radius 3 is 2.83 bits per heavy atom. The van der Waals surface area contributed by atoms with E-state index in [0.29, 0.717) is 11.7 Å². The van der Waals surface area contributed by atoms with Crippen molar-refractivity contribution in [1.82, 2.24) is 0 Å². The number of hydrogen-bond acceptors (Lipinski definition) is 2. The minimum atomic E-state index is 0.147. The zero-order valence-corrected chi connectivity index (χ0v) is 14.6. The molecule has 0 aromatic rings. The van der Waals surface area contributed by atoms with Crippen LogP contribution in [0.5, 0.6) is 0 Å². The lowest BCUT2D eigenvalue weighted by molar-refractivity contribution is -0.119. The number of fused-ring (bicyclic) bond motifs is 3. The topological polar surface area (TPSA) is 26.3 Å². The van der Waals surface area contributed by atoms with Crippen LogP contribution >= 0.6 is 0 Å². The quantitative estimate of drug-likeness (QED) is 0.654. The average molecular weight is 314 g/mol. The number of carbonyl (C=O) groups is 1. The molecule has 2 nitrogen and oxygen atoms in total. The molecule has 0 amide bonds. The second kappa shape index (κ2) is 7.07. The molecule has 23 heavy (non-hydrogen) atoms. The van der Waals surface area contributed by atoms with Crippen LogP contribution in [0.3, 0.4) is 0 Å². The van der Waals surface area contributed by atoms with Gasteiger partial charge in [-0.2, -0.15) is 0 Å². The van der Waals surface area contributed by atoms with Crippen molar-refractivity contribution in [1.29, 1.82) is 0 Å². The summed E-state index contributed by atoms with van der Waals surface area (Å²) in [6, 6.07) is 0. The molecule has 0 saturated heterocycles. The third kappa shape index (κ3) is 3.46. The van der Waals surface area contributed by atoms with E-state index >= 15 is 0 Å². The molecule has 3 aliphatic carbocycles. The summed E-state index contributed by atoms with van der Waals surface area (Å²) in [6.07, 6.45) is 12.4. The average Bonchev–Trinajstić information content (AvgIpc) is 2.61. The second-order valence-electron chi connectivity index (χ2n) is 7.54. The molecule has 0 radical (unpaired) electrons. The first-order valence-electron chi connectivity index (χ1n) is 9.35. The largest absolute Gasteiger partial charge is 0.498 e. The van der Waals surface area contributed by atoms with E-state index in [0.717, 1.165) is 61.9 Å². The van der Waals surface area contributed by atoms with Gasteiger partial charge in [0, 0.05) is 12.3 Å². The van der Waals surface area contributed by atoms with E-state index in [-0.39, 0.29) is 5.92 Å². The van der Waals surface area contributed by atoms with Crippen LogP contribution in [-0.2, 0) is 9.53 Å². The van der Waals surface area contributed by atoms with Gasteiger partial charge in [0.2, 0.25) is 0 Å². The molecule has 0 aliphatic heterocycles. The molecule has 1 fully saturated rings. The summed E-state index contributed by atoms with van der Waals surface area (Å²) < 4.78 is 5.74. The Hall–Kier alpha value is -1.31. The van der Waals surface area contributed by atoms with Crippen molar-refractivity contribution in [2.45, 2.75) is 58.8 Å². The fraction of sp³-hybridized carbons (Fsp3) is 0.667. The number of ether oxygens (including phenoxy) is 1. The zero-order valence-electron chi connectivity index (χ0n) is 14.6. The molecule has 0 heterocycles. The fourth-order valence-corrected chi connectivity index (χ4v) is 4.76.